The lowest BCUT2D eigenvalue weighted by molar-refractivity contribution is 0.0948. The van der Waals surface area contributed by atoms with Crippen molar-refractivity contribution in [1.29, 1.82) is 0 Å². The van der Waals surface area contributed by atoms with E-state index in [1.54, 1.807) is 30.0 Å². The maximum atomic E-state index is 12.1. The fraction of sp³-hybridized carbons (Fsp3) is 0.188. The van der Waals surface area contributed by atoms with Crippen molar-refractivity contribution in [2.45, 2.75) is 13.0 Å². The molecular weight excluding hydrogens is 340 g/mol. The molecule has 3 rings (SSSR count). The molecule has 9 heteroatoms. The second kappa shape index (κ2) is 8.15. The van der Waals surface area contributed by atoms with Gasteiger partial charge in [0.05, 0.1) is 11.9 Å². The van der Waals surface area contributed by atoms with Crippen LogP contribution in [0.5, 0.6) is 0 Å². The van der Waals surface area contributed by atoms with Crippen LogP contribution in [-0.2, 0) is 6.54 Å². The maximum Gasteiger partial charge on any atom is 0.270 e. The fourth-order valence-electron chi connectivity index (χ4n) is 2.07. The molecule has 0 radical (unpaired) electrons. The van der Waals surface area contributed by atoms with Gasteiger partial charge in [0.15, 0.2) is 5.13 Å². The van der Waals surface area contributed by atoms with Crippen LogP contribution in [0, 0.1) is 0 Å². The third kappa shape index (κ3) is 4.70. The van der Waals surface area contributed by atoms with Gasteiger partial charge >= 0.3 is 0 Å². The number of aromatic nitrogens is 4. The van der Waals surface area contributed by atoms with Gasteiger partial charge in [-0.2, -0.15) is 5.10 Å². The number of amides is 1. The molecule has 3 heterocycles. The van der Waals surface area contributed by atoms with Gasteiger partial charge in [-0.3, -0.25) is 14.6 Å². The first-order valence-electron chi connectivity index (χ1n) is 7.65. The Labute approximate surface area is 147 Å². The van der Waals surface area contributed by atoms with Gasteiger partial charge < -0.3 is 10.6 Å². The summed E-state index contributed by atoms with van der Waals surface area (Å²) in [4.78, 5) is 31.9. The zero-order valence-corrected chi connectivity index (χ0v) is 14.1. The van der Waals surface area contributed by atoms with E-state index in [-0.39, 0.29) is 11.5 Å². The van der Waals surface area contributed by atoms with Gasteiger partial charge in [-0.15, -0.1) is 11.3 Å². The average molecular weight is 356 g/mol. The van der Waals surface area contributed by atoms with Crippen LogP contribution in [0.1, 0.15) is 16.9 Å². The van der Waals surface area contributed by atoms with E-state index < -0.39 is 0 Å². The Balaban J connectivity index is 1.47. The predicted molar refractivity (Wildman–Crippen MR) is 95.1 cm³/mol. The number of hydrogen-bond acceptors (Lipinski definition) is 7. The highest BCUT2D eigenvalue weighted by Gasteiger charge is 2.10. The second-order valence-electron chi connectivity index (χ2n) is 5.10. The quantitative estimate of drug-likeness (QED) is 0.624. The van der Waals surface area contributed by atoms with E-state index in [1.807, 2.05) is 12.1 Å². The average Bonchev–Trinajstić information content (AvgIpc) is 3.09. The number of anilines is 2. The Kier molecular flexibility index (Phi) is 5.47. The van der Waals surface area contributed by atoms with Crippen LogP contribution in [0.3, 0.4) is 0 Å². The molecule has 0 aliphatic carbocycles. The van der Waals surface area contributed by atoms with Crippen LogP contribution >= 0.6 is 11.3 Å². The van der Waals surface area contributed by atoms with Crippen molar-refractivity contribution in [1.82, 2.24) is 25.1 Å². The van der Waals surface area contributed by atoms with Crippen molar-refractivity contribution in [3.05, 3.63) is 64.3 Å². The van der Waals surface area contributed by atoms with Crippen molar-refractivity contribution in [2.24, 2.45) is 0 Å². The number of carbonyl (C=O) groups is 1. The summed E-state index contributed by atoms with van der Waals surface area (Å²) in [5.74, 6) is -0.246. The van der Waals surface area contributed by atoms with Crippen molar-refractivity contribution in [3.8, 4) is 0 Å². The zero-order valence-electron chi connectivity index (χ0n) is 13.3. The summed E-state index contributed by atoms with van der Waals surface area (Å²) in [6.07, 6.45) is 5.53. The molecule has 0 aliphatic heterocycles. The molecule has 0 bridgehead atoms. The highest BCUT2D eigenvalue weighted by molar-refractivity contribution is 7.14. The number of hydrogen-bond donors (Lipinski definition) is 2. The van der Waals surface area contributed by atoms with E-state index >= 15 is 0 Å². The molecule has 0 unspecified atom stereocenters. The van der Waals surface area contributed by atoms with E-state index in [9.17, 15) is 9.59 Å². The lowest BCUT2D eigenvalue weighted by atomic mass is 10.4. The van der Waals surface area contributed by atoms with Crippen molar-refractivity contribution in [2.75, 3.05) is 11.9 Å². The molecular formula is C16H16N6O2S. The van der Waals surface area contributed by atoms with E-state index in [2.05, 4.69) is 25.7 Å². The maximum absolute atomic E-state index is 12.1. The van der Waals surface area contributed by atoms with Crippen molar-refractivity contribution in [3.63, 3.8) is 0 Å². The van der Waals surface area contributed by atoms with Gasteiger partial charge in [0.1, 0.15) is 5.69 Å². The molecule has 0 aliphatic rings. The Morgan fingerprint density at radius 2 is 2.12 bits per heavy atom. The number of pyridine rings is 1. The van der Waals surface area contributed by atoms with Crippen LogP contribution in [0.25, 0.3) is 0 Å². The SMILES string of the molecule is O=C(NCCCn1ncccc1=O)c1csc(Nc2cccnc2)n1. The largest absolute Gasteiger partial charge is 0.351 e. The minimum absolute atomic E-state index is 0.153. The number of nitrogens with zero attached hydrogens (tertiary/aromatic N) is 4. The first kappa shape index (κ1) is 16.8. The first-order chi connectivity index (χ1) is 12.2. The third-order valence-electron chi connectivity index (χ3n) is 3.27. The van der Waals surface area contributed by atoms with E-state index in [0.717, 1.165) is 5.69 Å². The molecule has 3 aromatic rings. The lowest BCUT2D eigenvalue weighted by Crippen LogP contribution is -2.27. The van der Waals surface area contributed by atoms with Gasteiger partial charge in [0.2, 0.25) is 0 Å². The summed E-state index contributed by atoms with van der Waals surface area (Å²) >= 11 is 1.34. The molecule has 0 fully saturated rings. The van der Waals surface area contributed by atoms with Crippen molar-refractivity contribution >= 4 is 28.1 Å². The smallest absolute Gasteiger partial charge is 0.270 e. The summed E-state index contributed by atoms with van der Waals surface area (Å²) in [6, 6.07) is 6.74. The van der Waals surface area contributed by atoms with Crippen molar-refractivity contribution < 1.29 is 4.79 Å². The molecule has 0 saturated heterocycles. The summed E-state index contributed by atoms with van der Waals surface area (Å²) in [6.45, 7) is 0.884. The monoisotopic (exact) mass is 356 g/mol. The van der Waals surface area contributed by atoms with Gasteiger partial charge in [-0.1, -0.05) is 0 Å². The highest BCUT2D eigenvalue weighted by atomic mass is 32.1. The molecule has 1 amide bonds. The Hall–Kier alpha value is -3.07. The molecule has 0 atom stereocenters. The van der Waals surface area contributed by atoms with E-state index in [0.29, 0.717) is 30.3 Å². The number of carbonyl (C=O) groups excluding carboxylic acids is 1. The molecule has 25 heavy (non-hydrogen) atoms. The third-order valence-corrected chi connectivity index (χ3v) is 4.02. The van der Waals surface area contributed by atoms with Crippen LogP contribution in [0.4, 0.5) is 10.8 Å². The molecule has 8 nitrogen and oxygen atoms in total. The van der Waals surface area contributed by atoms with Crippen LogP contribution in [0.15, 0.2) is 53.0 Å². The van der Waals surface area contributed by atoms with Gasteiger partial charge in [0.25, 0.3) is 11.5 Å². The zero-order chi connectivity index (χ0) is 17.5. The van der Waals surface area contributed by atoms with E-state index in [1.165, 1.54) is 22.1 Å². The number of thiazole rings is 1. The number of rotatable bonds is 7. The minimum Gasteiger partial charge on any atom is -0.351 e. The van der Waals surface area contributed by atoms with Gasteiger partial charge in [0, 0.05) is 36.9 Å². The summed E-state index contributed by atoms with van der Waals surface area (Å²) in [7, 11) is 0. The molecule has 0 aromatic carbocycles. The molecule has 3 aromatic heterocycles. The Morgan fingerprint density at radius 1 is 1.24 bits per heavy atom. The highest BCUT2D eigenvalue weighted by Crippen LogP contribution is 2.20. The number of aryl methyl sites for hydroxylation is 1. The lowest BCUT2D eigenvalue weighted by Gasteiger charge is -2.05. The topological polar surface area (TPSA) is 102 Å². The molecule has 2 N–H and O–H groups in total. The van der Waals surface area contributed by atoms with E-state index in [4.69, 9.17) is 0 Å². The van der Waals surface area contributed by atoms with Crippen LogP contribution in [-0.4, -0.2) is 32.2 Å². The minimum atomic E-state index is -0.246. The second-order valence-corrected chi connectivity index (χ2v) is 5.96. The Bertz CT molecular complexity index is 893. The van der Waals surface area contributed by atoms with Gasteiger partial charge in [-0.05, 0) is 24.6 Å². The molecule has 0 spiro atoms. The summed E-state index contributed by atoms with van der Waals surface area (Å²) in [5.41, 5.74) is 1.01. The Morgan fingerprint density at radius 3 is 2.92 bits per heavy atom. The molecule has 0 saturated carbocycles. The predicted octanol–water partition coefficient (Wildman–Crippen LogP) is 1.66. The normalized spacial score (nSPS) is 10.4. The van der Waals surface area contributed by atoms with Gasteiger partial charge in [-0.25, -0.2) is 9.67 Å². The fourth-order valence-corrected chi connectivity index (χ4v) is 2.78. The number of nitrogens with one attached hydrogen (secondary N) is 2. The first-order valence-corrected chi connectivity index (χ1v) is 8.53. The van der Waals surface area contributed by atoms with Crippen LogP contribution in [0.2, 0.25) is 0 Å². The standard InChI is InChI=1S/C16H16N6O2S/c23-14-5-2-8-19-22(14)9-3-7-18-15(24)13-11-25-16(21-13)20-12-4-1-6-17-10-12/h1-2,4-6,8,10-11H,3,7,9H2,(H,18,24)(H,20,21). The summed E-state index contributed by atoms with van der Waals surface area (Å²) in [5, 5.41) is 12.2. The summed E-state index contributed by atoms with van der Waals surface area (Å²) < 4.78 is 1.37. The molecule has 128 valence electrons. The van der Waals surface area contributed by atoms with Crippen LogP contribution < -0.4 is 16.2 Å².